The molecule has 0 amide bonds. The van der Waals surface area contributed by atoms with Gasteiger partial charge in [-0.3, -0.25) is 0 Å². The van der Waals surface area contributed by atoms with E-state index in [1.165, 1.54) is 0 Å². The summed E-state index contributed by atoms with van der Waals surface area (Å²) in [6.45, 7) is 2.87. The van der Waals surface area contributed by atoms with E-state index in [4.69, 9.17) is 0 Å². The first kappa shape index (κ1) is 16.3. The lowest BCUT2D eigenvalue weighted by Crippen LogP contribution is -2.34. The molecule has 1 aliphatic rings. The highest BCUT2D eigenvalue weighted by Crippen LogP contribution is 2.41. The Morgan fingerprint density at radius 1 is 1.43 bits per heavy atom. The minimum Gasteiger partial charge on any atom is -0.392 e. The molecule has 3 atom stereocenters. The monoisotopic (exact) mass is 304 g/mol. The highest BCUT2D eigenvalue weighted by molar-refractivity contribution is 4.96. The van der Waals surface area contributed by atoms with Gasteiger partial charge in [-0.25, -0.2) is 4.98 Å². The topological polar surface area (TPSA) is 38.0 Å². The normalized spacial score (nSPS) is 25.0. The van der Waals surface area contributed by atoms with Gasteiger partial charge >= 0.3 is 6.18 Å². The lowest BCUT2D eigenvalue weighted by Gasteiger charge is -2.33. The standard InChI is InChI=1S/C15H23F3N2O/c1-2-7-20-8-6-19-14(20)10-13(21)11-4-3-5-12(9-11)15(16,17)18/h6,8,11-13,21H,2-5,7,9-10H2,1H3. The summed E-state index contributed by atoms with van der Waals surface area (Å²) in [5.74, 6) is -0.781. The Kier molecular flexibility index (Phi) is 5.30. The van der Waals surface area contributed by atoms with E-state index in [0.29, 0.717) is 19.3 Å². The van der Waals surface area contributed by atoms with Crippen molar-refractivity contribution in [2.75, 3.05) is 0 Å². The summed E-state index contributed by atoms with van der Waals surface area (Å²) in [7, 11) is 0. The van der Waals surface area contributed by atoms with Crippen molar-refractivity contribution >= 4 is 0 Å². The smallest absolute Gasteiger partial charge is 0.391 e. The molecule has 0 spiro atoms. The zero-order valence-corrected chi connectivity index (χ0v) is 12.3. The van der Waals surface area contributed by atoms with E-state index in [-0.39, 0.29) is 18.8 Å². The van der Waals surface area contributed by atoms with Gasteiger partial charge in [0, 0.05) is 25.4 Å². The number of rotatable bonds is 5. The lowest BCUT2D eigenvalue weighted by molar-refractivity contribution is -0.188. The maximum atomic E-state index is 12.8. The molecule has 1 N–H and O–H groups in total. The first-order valence-corrected chi connectivity index (χ1v) is 7.66. The quantitative estimate of drug-likeness (QED) is 0.903. The van der Waals surface area contributed by atoms with E-state index < -0.39 is 18.2 Å². The number of aliphatic hydroxyl groups is 1. The van der Waals surface area contributed by atoms with Crippen molar-refractivity contribution in [2.45, 2.75) is 64.3 Å². The summed E-state index contributed by atoms with van der Waals surface area (Å²) in [4.78, 5) is 4.22. The first-order valence-electron chi connectivity index (χ1n) is 7.66. The van der Waals surface area contributed by atoms with Crippen LogP contribution >= 0.6 is 0 Å². The molecule has 21 heavy (non-hydrogen) atoms. The van der Waals surface area contributed by atoms with Crippen LogP contribution in [0.3, 0.4) is 0 Å². The number of halogens is 3. The van der Waals surface area contributed by atoms with Gasteiger partial charge in [-0.2, -0.15) is 13.2 Å². The molecular weight excluding hydrogens is 281 g/mol. The van der Waals surface area contributed by atoms with Gasteiger partial charge < -0.3 is 9.67 Å². The van der Waals surface area contributed by atoms with Gasteiger partial charge in [0.2, 0.25) is 0 Å². The summed E-state index contributed by atoms with van der Waals surface area (Å²) in [6, 6.07) is 0. The Morgan fingerprint density at radius 3 is 2.86 bits per heavy atom. The number of alkyl halides is 3. The fraction of sp³-hybridized carbons (Fsp3) is 0.800. The summed E-state index contributed by atoms with van der Waals surface area (Å²) < 4.78 is 40.4. The van der Waals surface area contributed by atoms with Crippen molar-refractivity contribution in [1.29, 1.82) is 0 Å². The number of imidazole rings is 1. The average Bonchev–Trinajstić information content (AvgIpc) is 2.86. The van der Waals surface area contributed by atoms with E-state index >= 15 is 0 Å². The molecule has 3 unspecified atom stereocenters. The largest absolute Gasteiger partial charge is 0.392 e. The van der Waals surface area contributed by atoms with Crippen molar-refractivity contribution in [1.82, 2.24) is 9.55 Å². The molecule has 2 rings (SSSR count). The van der Waals surface area contributed by atoms with E-state index in [1.54, 1.807) is 6.20 Å². The highest BCUT2D eigenvalue weighted by Gasteiger charge is 2.43. The Labute approximate surface area is 123 Å². The molecule has 1 heterocycles. The fourth-order valence-corrected chi connectivity index (χ4v) is 3.20. The summed E-state index contributed by atoms with van der Waals surface area (Å²) >= 11 is 0. The molecule has 1 saturated carbocycles. The predicted octanol–water partition coefficient (Wildman–Crippen LogP) is 3.57. The van der Waals surface area contributed by atoms with Crippen molar-refractivity contribution in [3.05, 3.63) is 18.2 Å². The van der Waals surface area contributed by atoms with Crippen LogP contribution in [0.25, 0.3) is 0 Å². The van der Waals surface area contributed by atoms with Crippen LogP contribution < -0.4 is 0 Å². The Hall–Kier alpha value is -1.04. The van der Waals surface area contributed by atoms with Gasteiger partial charge in [0.25, 0.3) is 0 Å². The van der Waals surface area contributed by atoms with Gasteiger partial charge in [-0.15, -0.1) is 0 Å². The zero-order valence-electron chi connectivity index (χ0n) is 12.3. The Morgan fingerprint density at radius 2 is 2.19 bits per heavy atom. The Balaban J connectivity index is 1.96. The summed E-state index contributed by atoms with van der Waals surface area (Å²) in [5, 5.41) is 10.3. The maximum absolute atomic E-state index is 12.8. The van der Waals surface area contributed by atoms with E-state index in [2.05, 4.69) is 11.9 Å². The third-order valence-electron chi connectivity index (χ3n) is 4.38. The van der Waals surface area contributed by atoms with Gasteiger partial charge in [0.15, 0.2) is 0 Å². The van der Waals surface area contributed by atoms with Gasteiger partial charge in [0.1, 0.15) is 5.82 Å². The molecule has 0 radical (unpaired) electrons. The second kappa shape index (κ2) is 6.81. The predicted molar refractivity (Wildman–Crippen MR) is 73.7 cm³/mol. The minimum absolute atomic E-state index is 0.0408. The number of aryl methyl sites for hydroxylation is 1. The number of hydrogen-bond donors (Lipinski definition) is 1. The average molecular weight is 304 g/mol. The lowest BCUT2D eigenvalue weighted by atomic mass is 9.77. The third-order valence-corrected chi connectivity index (χ3v) is 4.38. The molecule has 0 aromatic carbocycles. The molecule has 0 bridgehead atoms. The molecule has 0 aliphatic heterocycles. The number of nitrogens with zero attached hydrogens (tertiary/aromatic N) is 2. The number of hydrogen-bond acceptors (Lipinski definition) is 2. The third kappa shape index (κ3) is 4.22. The molecule has 1 aromatic heterocycles. The minimum atomic E-state index is -4.14. The van der Waals surface area contributed by atoms with E-state index in [1.807, 2.05) is 10.8 Å². The number of aliphatic hydroxyl groups excluding tert-OH is 1. The fourth-order valence-electron chi connectivity index (χ4n) is 3.20. The molecule has 6 heteroatoms. The van der Waals surface area contributed by atoms with Crippen LogP contribution in [0, 0.1) is 11.8 Å². The molecule has 1 aromatic rings. The van der Waals surface area contributed by atoms with Crippen molar-refractivity contribution in [3.63, 3.8) is 0 Å². The van der Waals surface area contributed by atoms with Gasteiger partial charge in [-0.05, 0) is 31.6 Å². The summed E-state index contributed by atoms with van der Waals surface area (Å²) in [5.41, 5.74) is 0. The molecular formula is C15H23F3N2O. The molecule has 0 saturated heterocycles. The van der Waals surface area contributed by atoms with Crippen molar-refractivity contribution in [3.8, 4) is 0 Å². The van der Waals surface area contributed by atoms with Crippen molar-refractivity contribution < 1.29 is 18.3 Å². The Bertz CT molecular complexity index is 444. The van der Waals surface area contributed by atoms with Crippen LogP contribution in [0.2, 0.25) is 0 Å². The molecule has 1 aliphatic carbocycles. The first-order chi connectivity index (χ1) is 9.91. The van der Waals surface area contributed by atoms with Crippen LogP contribution in [0.5, 0.6) is 0 Å². The SMILES string of the molecule is CCCn1ccnc1CC(O)C1CCCC(C(F)(F)F)C1. The molecule has 120 valence electrons. The molecule has 3 nitrogen and oxygen atoms in total. The highest BCUT2D eigenvalue weighted by atomic mass is 19.4. The molecule has 1 fully saturated rings. The van der Waals surface area contributed by atoms with E-state index in [0.717, 1.165) is 18.8 Å². The van der Waals surface area contributed by atoms with Crippen molar-refractivity contribution in [2.24, 2.45) is 11.8 Å². The second-order valence-electron chi connectivity index (χ2n) is 5.97. The van der Waals surface area contributed by atoms with Gasteiger partial charge in [0.05, 0.1) is 12.0 Å². The van der Waals surface area contributed by atoms with Crippen LogP contribution in [-0.4, -0.2) is 26.9 Å². The maximum Gasteiger partial charge on any atom is 0.391 e. The second-order valence-corrected chi connectivity index (χ2v) is 5.97. The van der Waals surface area contributed by atoms with Crippen LogP contribution in [-0.2, 0) is 13.0 Å². The zero-order chi connectivity index (χ0) is 15.5. The van der Waals surface area contributed by atoms with Crippen LogP contribution in [0.1, 0.15) is 44.9 Å². The van der Waals surface area contributed by atoms with E-state index in [9.17, 15) is 18.3 Å². The number of aromatic nitrogens is 2. The summed E-state index contributed by atoms with van der Waals surface area (Å²) in [6.07, 6.45) is 1.38. The van der Waals surface area contributed by atoms with Gasteiger partial charge in [-0.1, -0.05) is 13.3 Å². The van der Waals surface area contributed by atoms with Crippen LogP contribution in [0.15, 0.2) is 12.4 Å². The van der Waals surface area contributed by atoms with Crippen LogP contribution in [0.4, 0.5) is 13.2 Å².